The summed E-state index contributed by atoms with van der Waals surface area (Å²) in [6, 6.07) is 80.2. The Morgan fingerprint density at radius 1 is 0.358 bits per heavy atom. The molecule has 0 atom stereocenters. The van der Waals surface area contributed by atoms with E-state index >= 15 is 0 Å². The van der Waals surface area contributed by atoms with Crippen molar-refractivity contribution in [2.75, 3.05) is 0 Å². The lowest BCUT2D eigenvalue weighted by Crippen LogP contribution is -2.74. The number of hydrogen-bond acceptors (Lipinski definition) is 5. The third kappa shape index (κ3) is 6.24. The second-order valence-electron chi connectivity index (χ2n) is 17.0. The molecule has 0 aliphatic rings. The van der Waals surface area contributed by atoms with E-state index in [4.69, 9.17) is 19.4 Å². The van der Waals surface area contributed by atoms with Gasteiger partial charge in [-0.3, -0.25) is 4.98 Å². The Morgan fingerprint density at radius 2 is 0.896 bits per heavy atom. The molecule has 0 saturated carbocycles. The van der Waals surface area contributed by atoms with Gasteiger partial charge in [0.05, 0.1) is 16.7 Å². The van der Waals surface area contributed by atoms with E-state index in [2.05, 4.69) is 222 Å². The zero-order valence-corrected chi connectivity index (χ0v) is 37.2. The number of furan rings is 1. The van der Waals surface area contributed by atoms with Crippen LogP contribution in [-0.2, 0) is 0 Å². The summed E-state index contributed by atoms with van der Waals surface area (Å²) in [5, 5.41) is 11.7. The van der Waals surface area contributed by atoms with Crippen LogP contribution in [0.25, 0.3) is 94.4 Å². The molecule has 9 aromatic carbocycles. The first-order valence-electron chi connectivity index (χ1n) is 22.5. The summed E-state index contributed by atoms with van der Waals surface area (Å²) >= 11 is 0. The van der Waals surface area contributed by atoms with Gasteiger partial charge in [-0.05, 0) is 68.6 Å². The summed E-state index contributed by atoms with van der Waals surface area (Å²) in [4.78, 5) is 20.5. The molecule has 314 valence electrons. The van der Waals surface area contributed by atoms with Gasteiger partial charge in [0.1, 0.15) is 11.2 Å². The Balaban J connectivity index is 1.05. The molecule has 13 rings (SSSR count). The summed E-state index contributed by atoms with van der Waals surface area (Å²) in [5.74, 6) is 1.73. The lowest BCUT2D eigenvalue weighted by Gasteiger charge is -2.34. The summed E-state index contributed by atoms with van der Waals surface area (Å²) in [6.07, 6.45) is 3.61. The lowest BCUT2D eigenvalue weighted by atomic mass is 10.0. The van der Waals surface area contributed by atoms with Crippen LogP contribution in [0.15, 0.2) is 241 Å². The van der Waals surface area contributed by atoms with Gasteiger partial charge < -0.3 is 8.98 Å². The van der Waals surface area contributed by atoms with Crippen molar-refractivity contribution in [1.82, 2.24) is 24.5 Å². The fraction of sp³-hybridized carbons (Fsp3) is 0. The zero-order chi connectivity index (χ0) is 44.3. The molecule has 0 radical (unpaired) electrons. The number of hydrogen-bond donors (Lipinski definition) is 0. The lowest BCUT2D eigenvalue weighted by molar-refractivity contribution is 0.668. The molecule has 0 aliphatic carbocycles. The van der Waals surface area contributed by atoms with Crippen LogP contribution in [0, 0.1) is 0 Å². The van der Waals surface area contributed by atoms with Crippen LogP contribution < -0.4 is 20.7 Å². The first-order valence-corrected chi connectivity index (χ1v) is 24.5. The second kappa shape index (κ2) is 15.7. The maximum Gasteiger partial charge on any atom is 0.179 e. The van der Waals surface area contributed by atoms with Gasteiger partial charge in [-0.15, -0.1) is 0 Å². The van der Waals surface area contributed by atoms with Gasteiger partial charge in [0.2, 0.25) is 0 Å². The maximum absolute atomic E-state index is 6.38. The van der Waals surface area contributed by atoms with Crippen LogP contribution in [0.1, 0.15) is 0 Å². The van der Waals surface area contributed by atoms with E-state index < -0.39 is 8.07 Å². The van der Waals surface area contributed by atoms with E-state index in [1.807, 2.05) is 18.3 Å². The van der Waals surface area contributed by atoms with Crippen molar-refractivity contribution >= 4 is 83.3 Å². The number of nitrogens with zero attached hydrogens (tertiary/aromatic N) is 5. The van der Waals surface area contributed by atoms with Crippen LogP contribution in [0.5, 0.6) is 0 Å². The Kier molecular flexibility index (Phi) is 9.08. The molecule has 13 aromatic rings. The van der Waals surface area contributed by atoms with Gasteiger partial charge in [-0.2, -0.15) is 0 Å². The topological polar surface area (TPSA) is 69.6 Å². The summed E-state index contributed by atoms with van der Waals surface area (Å²) in [6.45, 7) is 0. The van der Waals surface area contributed by atoms with E-state index in [1.165, 1.54) is 31.5 Å². The van der Waals surface area contributed by atoms with Crippen LogP contribution in [0.2, 0.25) is 0 Å². The van der Waals surface area contributed by atoms with Crippen molar-refractivity contribution in [2.45, 2.75) is 0 Å². The van der Waals surface area contributed by atoms with Gasteiger partial charge in [0.25, 0.3) is 0 Å². The molecule has 0 N–H and O–H groups in total. The highest BCUT2D eigenvalue weighted by atomic mass is 28.3. The van der Waals surface area contributed by atoms with Gasteiger partial charge in [-0.25, -0.2) is 15.0 Å². The molecule has 0 bridgehead atoms. The fourth-order valence-corrected chi connectivity index (χ4v) is 15.1. The summed E-state index contributed by atoms with van der Waals surface area (Å²) in [7, 11) is -2.87. The molecule has 7 heteroatoms. The minimum absolute atomic E-state index is 0.555. The number of para-hydroxylation sites is 2. The second-order valence-corrected chi connectivity index (χ2v) is 20.8. The first kappa shape index (κ1) is 38.7. The fourth-order valence-electron chi connectivity index (χ4n) is 10.3. The van der Waals surface area contributed by atoms with Crippen LogP contribution in [0.4, 0.5) is 0 Å². The number of fused-ring (bicyclic) bond motifs is 7. The number of aromatic nitrogens is 5. The molecule has 0 amide bonds. The van der Waals surface area contributed by atoms with E-state index in [0.29, 0.717) is 17.5 Å². The van der Waals surface area contributed by atoms with E-state index in [0.717, 1.165) is 66.1 Å². The number of pyridine rings is 1. The molecule has 0 fully saturated rings. The predicted octanol–water partition coefficient (Wildman–Crippen LogP) is 11.8. The Hall–Kier alpha value is -8.78. The molecule has 0 saturated heterocycles. The third-order valence-corrected chi connectivity index (χ3v) is 18.1. The van der Waals surface area contributed by atoms with Crippen molar-refractivity contribution in [2.24, 2.45) is 0 Å². The quantitative estimate of drug-likeness (QED) is 0.112. The summed E-state index contributed by atoms with van der Waals surface area (Å²) in [5.41, 5.74) is 7.59. The van der Waals surface area contributed by atoms with Crippen LogP contribution in [0.3, 0.4) is 0 Å². The SMILES string of the molecule is c1ccc([Si](c2ccccc2)(c2ccccc2)c2cccc(-c3nc(-c4ccc5c(c4)oc4ccncc45)nc(-c4ccc(-n5c6ccccc6c6ccccc65)c5ccccc45)n3)c2)cc1. The van der Waals surface area contributed by atoms with Gasteiger partial charge in [0.15, 0.2) is 25.5 Å². The molecule has 0 aliphatic heterocycles. The Bertz CT molecular complexity index is 3850. The number of benzene rings is 9. The normalized spacial score (nSPS) is 11.9. The average Bonchev–Trinajstić information content (AvgIpc) is 3.95. The van der Waals surface area contributed by atoms with Crippen molar-refractivity contribution in [1.29, 1.82) is 0 Å². The largest absolute Gasteiger partial charge is 0.456 e. The van der Waals surface area contributed by atoms with E-state index in [9.17, 15) is 0 Å². The smallest absolute Gasteiger partial charge is 0.179 e. The Labute approximate surface area is 387 Å². The molecule has 0 spiro atoms. The van der Waals surface area contributed by atoms with E-state index in [1.54, 1.807) is 6.20 Å². The third-order valence-electron chi connectivity index (χ3n) is 13.3. The minimum Gasteiger partial charge on any atom is -0.456 e. The molecular formula is C60H39N5OSi. The van der Waals surface area contributed by atoms with Crippen molar-refractivity contribution < 1.29 is 4.42 Å². The molecule has 67 heavy (non-hydrogen) atoms. The minimum atomic E-state index is -2.87. The molecule has 4 aromatic heterocycles. The predicted molar refractivity (Wildman–Crippen MR) is 277 cm³/mol. The van der Waals surface area contributed by atoms with Crippen molar-refractivity contribution in [3.05, 3.63) is 237 Å². The standard InChI is InChI=1S/C60H39N5OSi/c1-4-18-42(19-5-1)67(43-20-6-2-7-21-43,44-22-8-3-9-23-44)45-24-16-17-40(37-45)58-62-59(41-31-32-50-52-39-61-36-35-56(52)66-57(50)38-41)64-60(63-58)51-33-34-55(47-26-11-10-25-46(47)51)65-53-29-14-12-27-48(53)49-28-13-15-30-54(49)65/h1-39H. The zero-order valence-electron chi connectivity index (χ0n) is 36.2. The summed E-state index contributed by atoms with van der Waals surface area (Å²) < 4.78 is 8.76. The monoisotopic (exact) mass is 873 g/mol. The van der Waals surface area contributed by atoms with Gasteiger partial charge >= 0.3 is 0 Å². The van der Waals surface area contributed by atoms with Gasteiger partial charge in [-0.1, -0.05) is 182 Å². The van der Waals surface area contributed by atoms with Crippen LogP contribution >= 0.6 is 0 Å². The van der Waals surface area contributed by atoms with Gasteiger partial charge in [0, 0.05) is 56.0 Å². The maximum atomic E-state index is 6.38. The van der Waals surface area contributed by atoms with Crippen LogP contribution in [-0.4, -0.2) is 32.6 Å². The first-order chi connectivity index (χ1) is 33.2. The number of rotatable bonds is 8. The van der Waals surface area contributed by atoms with E-state index in [-0.39, 0.29) is 0 Å². The molecular weight excluding hydrogens is 835 g/mol. The highest BCUT2D eigenvalue weighted by Crippen LogP contribution is 2.38. The Morgan fingerprint density at radius 3 is 1.54 bits per heavy atom. The van der Waals surface area contributed by atoms with Crippen molar-refractivity contribution in [3.63, 3.8) is 0 Å². The molecule has 0 unspecified atom stereocenters. The van der Waals surface area contributed by atoms with Crippen molar-refractivity contribution in [3.8, 4) is 39.9 Å². The molecule has 4 heterocycles. The molecule has 6 nitrogen and oxygen atoms in total. The highest BCUT2D eigenvalue weighted by molar-refractivity contribution is 7.19. The average molecular weight is 874 g/mol. The highest BCUT2D eigenvalue weighted by Gasteiger charge is 2.41.